The van der Waals surface area contributed by atoms with Crippen LogP contribution in [0, 0.1) is 0 Å². The molecule has 0 saturated carbocycles. The molecule has 0 bridgehead atoms. The third-order valence-electron chi connectivity index (χ3n) is 2.23. The summed E-state index contributed by atoms with van der Waals surface area (Å²) in [5, 5.41) is 0. The lowest BCUT2D eigenvalue weighted by atomic mass is 10.4. The summed E-state index contributed by atoms with van der Waals surface area (Å²) in [6.07, 6.45) is 4.39. The van der Waals surface area contributed by atoms with Crippen molar-refractivity contribution >= 4 is 37.7 Å². The predicted octanol–water partition coefficient (Wildman–Crippen LogP) is 3.21. The van der Waals surface area contributed by atoms with Gasteiger partial charge in [0.15, 0.2) is 0 Å². The molecule has 1 aromatic rings. The van der Waals surface area contributed by atoms with Gasteiger partial charge in [0.05, 0.1) is 4.47 Å². The molecular weight excluding hydrogens is 296 g/mol. The second-order valence-electron chi connectivity index (χ2n) is 3.12. The Kier molecular flexibility index (Phi) is 2.89. The fraction of sp³-hybridized carbons (Fsp3) is 0.444. The van der Waals surface area contributed by atoms with Crippen LogP contribution in [0.4, 0.5) is 5.82 Å². The zero-order valence-electron chi connectivity index (χ0n) is 7.13. The van der Waals surface area contributed by atoms with E-state index in [4.69, 9.17) is 0 Å². The Morgan fingerprint density at radius 2 is 1.92 bits per heavy atom. The largest absolute Gasteiger partial charge is 0.356 e. The van der Waals surface area contributed by atoms with E-state index in [1.807, 2.05) is 12.3 Å². The van der Waals surface area contributed by atoms with Gasteiger partial charge in [0.2, 0.25) is 0 Å². The minimum atomic E-state index is 1.06. The monoisotopic (exact) mass is 304 g/mol. The van der Waals surface area contributed by atoms with Crippen molar-refractivity contribution in [1.29, 1.82) is 0 Å². The van der Waals surface area contributed by atoms with E-state index in [9.17, 15) is 0 Å². The molecule has 0 spiro atoms. The van der Waals surface area contributed by atoms with Gasteiger partial charge >= 0.3 is 0 Å². The minimum absolute atomic E-state index is 1.06. The lowest BCUT2D eigenvalue weighted by molar-refractivity contribution is 0.931. The van der Waals surface area contributed by atoms with Crippen LogP contribution in [0.3, 0.4) is 0 Å². The SMILES string of the molecule is Brc1ccnc(N2CCCC2)c1Br. The van der Waals surface area contributed by atoms with Gasteiger partial charge in [-0.2, -0.15) is 0 Å². The molecule has 0 atom stereocenters. The third-order valence-corrected chi connectivity index (χ3v) is 4.20. The van der Waals surface area contributed by atoms with E-state index in [1.165, 1.54) is 12.8 Å². The van der Waals surface area contributed by atoms with Crippen molar-refractivity contribution in [3.05, 3.63) is 21.2 Å². The van der Waals surface area contributed by atoms with Crippen molar-refractivity contribution in [3.8, 4) is 0 Å². The highest BCUT2D eigenvalue weighted by Gasteiger charge is 2.16. The lowest BCUT2D eigenvalue weighted by Crippen LogP contribution is -2.19. The molecule has 1 saturated heterocycles. The van der Waals surface area contributed by atoms with E-state index in [-0.39, 0.29) is 0 Å². The fourth-order valence-electron chi connectivity index (χ4n) is 1.56. The molecule has 13 heavy (non-hydrogen) atoms. The number of rotatable bonds is 1. The van der Waals surface area contributed by atoms with Gasteiger partial charge in [-0.25, -0.2) is 4.98 Å². The zero-order chi connectivity index (χ0) is 9.26. The highest BCUT2D eigenvalue weighted by Crippen LogP contribution is 2.32. The van der Waals surface area contributed by atoms with Crippen molar-refractivity contribution in [2.45, 2.75) is 12.8 Å². The van der Waals surface area contributed by atoms with E-state index in [1.54, 1.807) is 0 Å². The van der Waals surface area contributed by atoms with Crippen molar-refractivity contribution in [1.82, 2.24) is 4.98 Å². The first kappa shape index (κ1) is 9.46. The Labute approximate surface area is 94.6 Å². The number of halogens is 2. The van der Waals surface area contributed by atoms with Crippen LogP contribution in [0.2, 0.25) is 0 Å². The Hall–Kier alpha value is -0.0900. The summed E-state index contributed by atoms with van der Waals surface area (Å²) in [6.45, 7) is 2.25. The molecule has 2 rings (SSSR count). The van der Waals surface area contributed by atoms with Crippen LogP contribution in [0.1, 0.15) is 12.8 Å². The highest BCUT2D eigenvalue weighted by molar-refractivity contribution is 9.13. The summed E-state index contributed by atoms with van der Waals surface area (Å²) in [5.74, 6) is 1.06. The first-order chi connectivity index (χ1) is 6.29. The van der Waals surface area contributed by atoms with Gasteiger partial charge in [-0.1, -0.05) is 0 Å². The molecule has 0 radical (unpaired) electrons. The quantitative estimate of drug-likeness (QED) is 0.792. The van der Waals surface area contributed by atoms with Crippen LogP contribution in [-0.2, 0) is 0 Å². The molecule has 70 valence electrons. The molecule has 1 aliphatic rings. The zero-order valence-corrected chi connectivity index (χ0v) is 10.3. The maximum absolute atomic E-state index is 4.37. The Bertz CT molecular complexity index is 308. The van der Waals surface area contributed by atoms with E-state index in [0.717, 1.165) is 27.9 Å². The summed E-state index contributed by atoms with van der Waals surface area (Å²) in [7, 11) is 0. The third kappa shape index (κ3) is 1.89. The predicted molar refractivity (Wildman–Crippen MR) is 61.1 cm³/mol. The van der Waals surface area contributed by atoms with Crippen LogP contribution >= 0.6 is 31.9 Å². The molecule has 0 unspecified atom stereocenters. The van der Waals surface area contributed by atoms with Gasteiger partial charge in [0, 0.05) is 23.8 Å². The summed E-state index contributed by atoms with van der Waals surface area (Å²) < 4.78 is 2.14. The van der Waals surface area contributed by atoms with Crippen molar-refractivity contribution in [2.75, 3.05) is 18.0 Å². The van der Waals surface area contributed by atoms with E-state index in [0.29, 0.717) is 0 Å². The summed E-state index contributed by atoms with van der Waals surface area (Å²) >= 11 is 7.02. The van der Waals surface area contributed by atoms with Crippen molar-refractivity contribution in [2.24, 2.45) is 0 Å². The molecule has 2 nitrogen and oxygen atoms in total. The topological polar surface area (TPSA) is 16.1 Å². The maximum Gasteiger partial charge on any atom is 0.144 e. The Morgan fingerprint density at radius 1 is 1.23 bits per heavy atom. The fourth-order valence-corrected chi connectivity index (χ4v) is 2.34. The number of aromatic nitrogens is 1. The summed E-state index contributed by atoms with van der Waals surface area (Å²) in [4.78, 5) is 6.68. The number of anilines is 1. The molecule has 0 aromatic carbocycles. The second-order valence-corrected chi connectivity index (χ2v) is 4.77. The van der Waals surface area contributed by atoms with Gasteiger partial charge in [0.1, 0.15) is 5.82 Å². The molecule has 0 amide bonds. The molecule has 4 heteroatoms. The van der Waals surface area contributed by atoms with Crippen LogP contribution in [-0.4, -0.2) is 18.1 Å². The smallest absolute Gasteiger partial charge is 0.144 e. The van der Waals surface area contributed by atoms with Gasteiger partial charge < -0.3 is 4.90 Å². The molecule has 0 N–H and O–H groups in total. The summed E-state index contributed by atoms with van der Waals surface area (Å²) in [6, 6.07) is 1.95. The normalized spacial score (nSPS) is 16.6. The number of hydrogen-bond donors (Lipinski definition) is 0. The minimum Gasteiger partial charge on any atom is -0.356 e. The van der Waals surface area contributed by atoms with Gasteiger partial charge in [-0.3, -0.25) is 0 Å². The number of hydrogen-bond acceptors (Lipinski definition) is 2. The number of pyridine rings is 1. The van der Waals surface area contributed by atoms with Gasteiger partial charge in [0.25, 0.3) is 0 Å². The van der Waals surface area contributed by atoms with E-state index < -0.39 is 0 Å². The van der Waals surface area contributed by atoms with Gasteiger partial charge in [-0.15, -0.1) is 0 Å². The first-order valence-corrected chi connectivity index (χ1v) is 5.92. The number of nitrogens with zero attached hydrogens (tertiary/aromatic N) is 2. The van der Waals surface area contributed by atoms with Gasteiger partial charge in [-0.05, 0) is 50.8 Å². The highest BCUT2D eigenvalue weighted by atomic mass is 79.9. The molecule has 2 heterocycles. The van der Waals surface area contributed by atoms with E-state index >= 15 is 0 Å². The second kappa shape index (κ2) is 3.96. The Balaban J connectivity index is 2.33. The van der Waals surface area contributed by atoms with Crippen LogP contribution in [0.15, 0.2) is 21.2 Å². The van der Waals surface area contributed by atoms with Crippen LogP contribution in [0.5, 0.6) is 0 Å². The lowest BCUT2D eigenvalue weighted by Gasteiger charge is -2.17. The summed E-state index contributed by atoms with van der Waals surface area (Å²) in [5.41, 5.74) is 0. The Morgan fingerprint density at radius 3 is 2.62 bits per heavy atom. The molecule has 1 aromatic heterocycles. The first-order valence-electron chi connectivity index (χ1n) is 4.34. The molecule has 1 aliphatic heterocycles. The average Bonchev–Trinajstić information content (AvgIpc) is 2.62. The van der Waals surface area contributed by atoms with Crippen molar-refractivity contribution in [3.63, 3.8) is 0 Å². The average molecular weight is 306 g/mol. The van der Waals surface area contributed by atoms with Crippen LogP contribution < -0.4 is 4.90 Å². The molecule has 0 aliphatic carbocycles. The van der Waals surface area contributed by atoms with E-state index in [2.05, 4.69) is 41.7 Å². The molecule has 1 fully saturated rings. The van der Waals surface area contributed by atoms with Crippen LogP contribution in [0.25, 0.3) is 0 Å². The standard InChI is InChI=1S/C9H10Br2N2/c10-7-3-4-12-9(8(7)11)13-5-1-2-6-13/h3-4H,1-2,5-6H2. The van der Waals surface area contributed by atoms with Crippen molar-refractivity contribution < 1.29 is 0 Å². The maximum atomic E-state index is 4.37. The molecular formula is C9H10Br2N2.